The summed E-state index contributed by atoms with van der Waals surface area (Å²) in [6.45, 7) is 1.90. The average molecular weight is 246 g/mol. The van der Waals surface area contributed by atoms with Gasteiger partial charge in [0.15, 0.2) is 5.69 Å². The molecule has 18 heavy (non-hydrogen) atoms. The summed E-state index contributed by atoms with van der Waals surface area (Å²) in [5, 5.41) is 17.7. The summed E-state index contributed by atoms with van der Waals surface area (Å²) in [5.74, 6) is -0.951. The third-order valence-corrected chi connectivity index (χ3v) is 3.35. The maximum Gasteiger partial charge on any atom is 0.356 e. The summed E-state index contributed by atoms with van der Waals surface area (Å²) < 4.78 is 3.46. The molecule has 0 fully saturated rings. The van der Waals surface area contributed by atoms with E-state index in [0.29, 0.717) is 0 Å². The number of carbonyl (C=O) groups is 1. The fraction of sp³-hybridized carbons (Fsp3) is 0.417. The Hall–Kier alpha value is -2.11. The molecule has 0 aromatic carbocycles. The maximum atomic E-state index is 11.2. The lowest BCUT2D eigenvalue weighted by atomic mass is 10.2. The Morgan fingerprint density at radius 3 is 2.78 bits per heavy atom. The molecular weight excluding hydrogens is 232 g/mol. The van der Waals surface area contributed by atoms with Crippen molar-refractivity contribution in [2.24, 2.45) is 7.05 Å². The van der Waals surface area contributed by atoms with Crippen LogP contribution in [0.2, 0.25) is 0 Å². The lowest BCUT2D eigenvalue weighted by Gasteiger charge is -2.02. The first-order valence-corrected chi connectivity index (χ1v) is 5.92. The van der Waals surface area contributed by atoms with Gasteiger partial charge in [-0.15, -0.1) is 0 Å². The normalized spacial score (nSPS) is 13.9. The molecule has 0 aliphatic heterocycles. The van der Waals surface area contributed by atoms with Gasteiger partial charge in [0.25, 0.3) is 0 Å². The number of aryl methyl sites for hydroxylation is 2. The molecule has 2 heterocycles. The third-order valence-electron chi connectivity index (χ3n) is 3.35. The zero-order valence-electron chi connectivity index (χ0n) is 10.3. The Morgan fingerprint density at radius 2 is 2.17 bits per heavy atom. The van der Waals surface area contributed by atoms with E-state index in [4.69, 9.17) is 0 Å². The van der Waals surface area contributed by atoms with Gasteiger partial charge in [-0.3, -0.25) is 4.68 Å². The smallest absolute Gasteiger partial charge is 0.356 e. The van der Waals surface area contributed by atoms with Gasteiger partial charge in [0.2, 0.25) is 0 Å². The molecule has 6 nitrogen and oxygen atoms in total. The molecule has 3 rings (SSSR count). The molecule has 94 valence electrons. The Kier molecular flexibility index (Phi) is 2.26. The Bertz CT molecular complexity index is 639. The molecule has 0 bridgehead atoms. The minimum Gasteiger partial charge on any atom is -0.476 e. The van der Waals surface area contributed by atoms with Crippen LogP contribution in [0.3, 0.4) is 0 Å². The Labute approximate surface area is 104 Å². The fourth-order valence-electron chi connectivity index (χ4n) is 2.60. The van der Waals surface area contributed by atoms with Gasteiger partial charge < -0.3 is 5.11 Å². The van der Waals surface area contributed by atoms with Crippen molar-refractivity contribution < 1.29 is 9.90 Å². The number of aromatic carboxylic acids is 1. The van der Waals surface area contributed by atoms with E-state index in [1.807, 2.05) is 20.2 Å². The SMILES string of the molecule is Cc1nn(C)cc1-n1nc(C(=O)O)c2c1CCC2. The second-order valence-electron chi connectivity index (χ2n) is 4.62. The number of rotatable bonds is 2. The van der Waals surface area contributed by atoms with Gasteiger partial charge in [0, 0.05) is 18.3 Å². The van der Waals surface area contributed by atoms with E-state index >= 15 is 0 Å². The molecule has 0 radical (unpaired) electrons. The molecule has 2 aromatic heterocycles. The highest BCUT2D eigenvalue weighted by Crippen LogP contribution is 2.28. The first-order valence-electron chi connectivity index (χ1n) is 5.92. The monoisotopic (exact) mass is 246 g/mol. The van der Waals surface area contributed by atoms with Gasteiger partial charge in [-0.1, -0.05) is 0 Å². The third kappa shape index (κ3) is 1.45. The predicted molar refractivity (Wildman–Crippen MR) is 64.1 cm³/mol. The zero-order valence-corrected chi connectivity index (χ0v) is 10.3. The van der Waals surface area contributed by atoms with E-state index in [1.165, 1.54) is 0 Å². The average Bonchev–Trinajstić information content (AvgIpc) is 2.92. The first kappa shape index (κ1) is 11.0. The van der Waals surface area contributed by atoms with E-state index in [1.54, 1.807) is 9.36 Å². The second-order valence-corrected chi connectivity index (χ2v) is 4.62. The van der Waals surface area contributed by atoms with Crippen molar-refractivity contribution in [2.75, 3.05) is 0 Å². The molecule has 1 aliphatic rings. The molecule has 0 unspecified atom stereocenters. The lowest BCUT2D eigenvalue weighted by molar-refractivity contribution is 0.0689. The van der Waals surface area contributed by atoms with Gasteiger partial charge in [-0.05, 0) is 26.2 Å². The molecule has 0 atom stereocenters. The molecule has 0 spiro atoms. The largest absolute Gasteiger partial charge is 0.476 e. The van der Waals surface area contributed by atoms with Crippen LogP contribution in [0.4, 0.5) is 0 Å². The van der Waals surface area contributed by atoms with E-state index < -0.39 is 5.97 Å². The van der Waals surface area contributed by atoms with Crippen molar-refractivity contribution in [1.29, 1.82) is 0 Å². The van der Waals surface area contributed by atoms with Crippen LogP contribution in [0.25, 0.3) is 5.69 Å². The molecule has 0 saturated carbocycles. The fourth-order valence-corrected chi connectivity index (χ4v) is 2.60. The van der Waals surface area contributed by atoms with Gasteiger partial charge >= 0.3 is 5.97 Å². The van der Waals surface area contributed by atoms with Crippen molar-refractivity contribution in [3.8, 4) is 5.69 Å². The summed E-state index contributed by atoms with van der Waals surface area (Å²) in [4.78, 5) is 11.2. The Balaban J connectivity index is 2.22. The van der Waals surface area contributed by atoms with Crippen LogP contribution in [0, 0.1) is 6.92 Å². The number of carboxylic acids is 1. The van der Waals surface area contributed by atoms with Gasteiger partial charge in [-0.2, -0.15) is 10.2 Å². The van der Waals surface area contributed by atoms with Crippen molar-refractivity contribution >= 4 is 5.97 Å². The van der Waals surface area contributed by atoms with Gasteiger partial charge in [-0.25, -0.2) is 9.48 Å². The topological polar surface area (TPSA) is 72.9 Å². The van der Waals surface area contributed by atoms with E-state index in [2.05, 4.69) is 10.2 Å². The molecular formula is C12H14N4O2. The summed E-state index contributed by atoms with van der Waals surface area (Å²) in [5.41, 5.74) is 3.80. The molecule has 0 amide bonds. The minimum absolute atomic E-state index is 0.186. The quantitative estimate of drug-likeness (QED) is 0.861. The Morgan fingerprint density at radius 1 is 1.39 bits per heavy atom. The van der Waals surface area contributed by atoms with Crippen molar-refractivity contribution in [1.82, 2.24) is 19.6 Å². The second kappa shape index (κ2) is 3.69. The van der Waals surface area contributed by atoms with Gasteiger partial charge in [0.1, 0.15) is 5.69 Å². The van der Waals surface area contributed by atoms with E-state index in [0.717, 1.165) is 41.9 Å². The molecule has 1 aliphatic carbocycles. The van der Waals surface area contributed by atoms with Crippen molar-refractivity contribution in [2.45, 2.75) is 26.2 Å². The van der Waals surface area contributed by atoms with Crippen LogP contribution >= 0.6 is 0 Å². The number of aromatic nitrogens is 4. The first-order chi connectivity index (χ1) is 8.58. The van der Waals surface area contributed by atoms with E-state index in [9.17, 15) is 9.90 Å². The van der Waals surface area contributed by atoms with Crippen LogP contribution in [-0.4, -0.2) is 30.6 Å². The van der Waals surface area contributed by atoms with Gasteiger partial charge in [0.05, 0.1) is 11.9 Å². The summed E-state index contributed by atoms with van der Waals surface area (Å²) in [6, 6.07) is 0. The zero-order chi connectivity index (χ0) is 12.9. The van der Waals surface area contributed by atoms with Crippen molar-refractivity contribution in [3.05, 3.63) is 28.8 Å². The molecule has 0 saturated heterocycles. The minimum atomic E-state index is -0.951. The summed E-state index contributed by atoms with van der Waals surface area (Å²) in [7, 11) is 1.85. The molecule has 1 N–H and O–H groups in total. The van der Waals surface area contributed by atoms with Crippen LogP contribution in [0.1, 0.15) is 33.9 Å². The van der Waals surface area contributed by atoms with Crippen LogP contribution < -0.4 is 0 Å². The molecule has 6 heteroatoms. The summed E-state index contributed by atoms with van der Waals surface area (Å²) in [6.07, 6.45) is 4.54. The number of carboxylic acid groups (broad SMARTS) is 1. The van der Waals surface area contributed by atoms with Crippen molar-refractivity contribution in [3.63, 3.8) is 0 Å². The highest BCUT2D eigenvalue weighted by atomic mass is 16.4. The standard InChI is InChI=1S/C12H14N4O2/c1-7-10(6-15(2)13-7)16-9-5-3-4-8(9)11(14-16)12(17)18/h6H,3-5H2,1-2H3,(H,17,18). The molecule has 2 aromatic rings. The van der Waals surface area contributed by atoms with Crippen LogP contribution in [0.15, 0.2) is 6.20 Å². The number of nitrogens with zero attached hydrogens (tertiary/aromatic N) is 4. The summed E-state index contributed by atoms with van der Waals surface area (Å²) >= 11 is 0. The number of fused-ring (bicyclic) bond motifs is 1. The highest BCUT2D eigenvalue weighted by Gasteiger charge is 2.27. The van der Waals surface area contributed by atoms with E-state index in [-0.39, 0.29) is 5.69 Å². The highest BCUT2D eigenvalue weighted by molar-refractivity contribution is 5.87. The maximum absolute atomic E-state index is 11.2. The van der Waals surface area contributed by atoms with Crippen LogP contribution in [0.5, 0.6) is 0 Å². The number of hydrogen-bond donors (Lipinski definition) is 1. The predicted octanol–water partition coefficient (Wildman–Crippen LogP) is 1.10. The number of hydrogen-bond acceptors (Lipinski definition) is 3. The lowest BCUT2D eigenvalue weighted by Crippen LogP contribution is -2.04. The van der Waals surface area contributed by atoms with Crippen LogP contribution in [-0.2, 0) is 19.9 Å².